The molecule has 0 spiro atoms. The summed E-state index contributed by atoms with van der Waals surface area (Å²) in [7, 11) is 0. The average Bonchev–Trinajstić information content (AvgIpc) is 2.93. The number of alkyl halides is 2. The van der Waals surface area contributed by atoms with Crippen LogP contribution in [0.3, 0.4) is 0 Å². The summed E-state index contributed by atoms with van der Waals surface area (Å²) < 4.78 is 38.4. The van der Waals surface area contributed by atoms with Crippen LogP contribution in [0.5, 0.6) is 0 Å². The molecule has 1 N–H and O–H groups in total. The van der Waals surface area contributed by atoms with Crippen molar-refractivity contribution in [3.05, 3.63) is 11.6 Å². The summed E-state index contributed by atoms with van der Waals surface area (Å²) in [5, 5.41) is 10.7. The third-order valence-electron chi connectivity index (χ3n) is 9.45. The number of hydrogen-bond donors (Lipinski definition) is 2. The normalized spacial score (nSPS) is 50.1. The summed E-state index contributed by atoms with van der Waals surface area (Å²) in [6, 6.07) is 0. The van der Waals surface area contributed by atoms with E-state index >= 15 is 8.78 Å². The number of thiol groups is 1. The van der Waals surface area contributed by atoms with E-state index in [0.29, 0.717) is 6.42 Å². The van der Waals surface area contributed by atoms with Crippen molar-refractivity contribution in [1.82, 2.24) is 0 Å². The van der Waals surface area contributed by atoms with E-state index in [-0.39, 0.29) is 43.5 Å². The summed E-state index contributed by atoms with van der Waals surface area (Å²) in [5.74, 6) is -2.65. The summed E-state index contributed by atoms with van der Waals surface area (Å²) in [4.78, 5) is 37.3. The molecule has 32 heavy (non-hydrogen) atoms. The molecule has 0 saturated heterocycles. The van der Waals surface area contributed by atoms with Gasteiger partial charge in [-0.2, -0.15) is 0 Å². The van der Waals surface area contributed by atoms with E-state index in [2.05, 4.69) is 12.6 Å². The summed E-state index contributed by atoms with van der Waals surface area (Å²) in [5.41, 5.74) is -6.06. The fraction of sp³-hybridized carbons (Fsp3) is 0.792. The highest BCUT2D eigenvalue weighted by molar-refractivity contribution is 7.96. The SMILES string of the molecule is CCC(=O)O[C@]1(C(=O)S)[C@H](C)C[C@H]2[C@@H]3C[C@H](F)C4=CC(=O)CC[C@]4(C)[C@]3(F)[C@@H](O)C[C@@]21C. The smallest absolute Gasteiger partial charge is 0.306 e. The number of hydrogen-bond acceptors (Lipinski definition) is 5. The molecule has 5 nitrogen and oxygen atoms in total. The highest BCUT2D eigenvalue weighted by atomic mass is 32.1. The molecule has 3 saturated carbocycles. The zero-order chi connectivity index (χ0) is 23.9. The van der Waals surface area contributed by atoms with Gasteiger partial charge in [-0.05, 0) is 43.3 Å². The van der Waals surface area contributed by atoms with Crippen molar-refractivity contribution >= 4 is 29.5 Å². The fourth-order valence-electron chi connectivity index (χ4n) is 7.85. The van der Waals surface area contributed by atoms with Crippen molar-refractivity contribution in [2.45, 2.75) is 89.8 Å². The van der Waals surface area contributed by atoms with Crippen LogP contribution >= 0.6 is 12.6 Å². The molecule has 4 rings (SSSR count). The Morgan fingerprint density at radius 3 is 2.53 bits per heavy atom. The number of rotatable bonds is 3. The van der Waals surface area contributed by atoms with E-state index in [1.165, 1.54) is 6.08 Å². The summed E-state index contributed by atoms with van der Waals surface area (Å²) >= 11 is 4.10. The number of allylic oxidation sites excluding steroid dienone is 1. The number of fused-ring (bicyclic) bond motifs is 5. The van der Waals surface area contributed by atoms with Crippen LogP contribution in [0.1, 0.15) is 66.2 Å². The van der Waals surface area contributed by atoms with E-state index in [1.54, 1.807) is 27.7 Å². The molecule has 4 aliphatic carbocycles. The quantitative estimate of drug-likeness (QED) is 0.483. The zero-order valence-electron chi connectivity index (χ0n) is 19.0. The van der Waals surface area contributed by atoms with Gasteiger partial charge in [0, 0.05) is 35.5 Å². The largest absolute Gasteiger partial charge is 0.449 e. The first kappa shape index (κ1) is 23.9. The monoisotopic (exact) mass is 470 g/mol. The van der Waals surface area contributed by atoms with Crippen molar-refractivity contribution in [2.75, 3.05) is 0 Å². The van der Waals surface area contributed by atoms with Gasteiger partial charge in [0.15, 0.2) is 11.4 Å². The average molecular weight is 471 g/mol. The second-order valence-corrected chi connectivity index (χ2v) is 11.1. The Morgan fingerprint density at radius 2 is 1.94 bits per heavy atom. The van der Waals surface area contributed by atoms with E-state index in [0.717, 1.165) is 0 Å². The Balaban J connectivity index is 1.86. The Labute approximate surface area is 192 Å². The molecule has 0 aliphatic heterocycles. The van der Waals surface area contributed by atoms with Crippen molar-refractivity contribution in [2.24, 2.45) is 28.6 Å². The lowest BCUT2D eigenvalue weighted by Gasteiger charge is -2.64. The molecule has 8 heteroatoms. The molecule has 0 unspecified atom stereocenters. The topological polar surface area (TPSA) is 80.7 Å². The van der Waals surface area contributed by atoms with Gasteiger partial charge in [0.2, 0.25) is 5.12 Å². The lowest BCUT2D eigenvalue weighted by molar-refractivity contribution is -0.236. The Hall–Kier alpha value is -1.28. The van der Waals surface area contributed by atoms with Crippen molar-refractivity contribution in [3.63, 3.8) is 0 Å². The molecular formula is C24H32F2O5S. The maximum Gasteiger partial charge on any atom is 0.306 e. The van der Waals surface area contributed by atoms with Gasteiger partial charge >= 0.3 is 5.97 Å². The lowest BCUT2D eigenvalue weighted by atomic mass is 9.43. The van der Waals surface area contributed by atoms with Crippen LogP contribution in [0.25, 0.3) is 0 Å². The second kappa shape index (κ2) is 7.36. The van der Waals surface area contributed by atoms with Crippen LogP contribution in [0.4, 0.5) is 8.78 Å². The molecule has 0 heterocycles. The first-order chi connectivity index (χ1) is 14.8. The minimum absolute atomic E-state index is 0.0577. The number of halogens is 2. The lowest BCUT2D eigenvalue weighted by Crippen LogP contribution is -2.71. The number of aliphatic hydroxyl groups is 1. The van der Waals surface area contributed by atoms with Crippen LogP contribution in [0, 0.1) is 28.6 Å². The predicted octanol–water partition coefficient (Wildman–Crippen LogP) is 3.92. The highest BCUT2D eigenvalue weighted by Crippen LogP contribution is 2.72. The van der Waals surface area contributed by atoms with Gasteiger partial charge in [-0.15, -0.1) is 12.6 Å². The maximum atomic E-state index is 17.2. The number of esters is 1. The van der Waals surface area contributed by atoms with E-state index < -0.39 is 63.2 Å². The van der Waals surface area contributed by atoms with Crippen molar-refractivity contribution in [1.29, 1.82) is 0 Å². The van der Waals surface area contributed by atoms with Gasteiger partial charge in [0.25, 0.3) is 0 Å². The Morgan fingerprint density at radius 1 is 1.28 bits per heavy atom. The maximum absolute atomic E-state index is 17.2. The van der Waals surface area contributed by atoms with Gasteiger partial charge < -0.3 is 9.84 Å². The highest BCUT2D eigenvalue weighted by Gasteiger charge is 2.78. The van der Waals surface area contributed by atoms with Gasteiger partial charge in [0.05, 0.1) is 6.10 Å². The van der Waals surface area contributed by atoms with Gasteiger partial charge in [-0.25, -0.2) is 8.78 Å². The molecule has 0 amide bonds. The molecule has 0 aromatic carbocycles. The number of ether oxygens (including phenoxy) is 1. The van der Waals surface area contributed by atoms with E-state index in [1.807, 2.05) is 0 Å². The van der Waals surface area contributed by atoms with Crippen molar-refractivity contribution < 1.29 is 33.0 Å². The minimum atomic E-state index is -2.16. The minimum Gasteiger partial charge on any atom is -0.449 e. The fourth-order valence-corrected chi connectivity index (χ4v) is 8.37. The third kappa shape index (κ3) is 2.68. The Bertz CT molecular complexity index is 907. The van der Waals surface area contributed by atoms with Crippen LogP contribution in [0.2, 0.25) is 0 Å². The molecule has 0 aromatic rings. The number of aliphatic hydroxyl groups excluding tert-OH is 1. The predicted molar refractivity (Wildman–Crippen MR) is 116 cm³/mol. The van der Waals surface area contributed by atoms with Crippen molar-refractivity contribution in [3.8, 4) is 0 Å². The molecule has 0 radical (unpaired) electrons. The molecular weight excluding hydrogens is 438 g/mol. The summed E-state index contributed by atoms with van der Waals surface area (Å²) in [6.45, 7) is 6.75. The molecule has 178 valence electrons. The van der Waals surface area contributed by atoms with E-state index in [9.17, 15) is 19.5 Å². The van der Waals surface area contributed by atoms with E-state index in [4.69, 9.17) is 4.74 Å². The third-order valence-corrected chi connectivity index (χ3v) is 9.78. The number of ketones is 1. The summed E-state index contributed by atoms with van der Waals surface area (Å²) in [6.07, 6.45) is -1.46. The van der Waals surface area contributed by atoms with Crippen LogP contribution in [-0.2, 0) is 19.1 Å². The zero-order valence-corrected chi connectivity index (χ0v) is 19.9. The second-order valence-electron chi connectivity index (χ2n) is 10.7. The van der Waals surface area contributed by atoms with Gasteiger partial charge in [0.1, 0.15) is 11.8 Å². The first-order valence-corrected chi connectivity index (χ1v) is 12.0. The Kier molecular flexibility index (Phi) is 5.49. The number of carbonyl (C=O) groups excluding carboxylic acids is 3. The standard InChI is InChI=1S/C24H32F2O5S/c1-5-19(29)31-24(20(30)32)12(2)8-14-15-10-17(25)16-9-13(27)6-7-21(16,3)23(15,26)18(28)11-22(14,24)4/h9,12,14-15,17-18,28H,5-8,10-11H2,1-4H3,(H,30,32)/t12-,14+,15+,17+,18+,21+,22+,23-,24+/m1/s1. The molecule has 4 aliphatic rings. The van der Waals surface area contributed by atoms with Gasteiger partial charge in [-0.1, -0.05) is 27.7 Å². The first-order valence-electron chi connectivity index (χ1n) is 11.5. The van der Waals surface area contributed by atoms with Crippen LogP contribution < -0.4 is 0 Å². The number of carbonyl (C=O) groups is 3. The van der Waals surface area contributed by atoms with Crippen LogP contribution in [0.15, 0.2) is 11.6 Å². The molecule has 0 bridgehead atoms. The van der Waals surface area contributed by atoms with Crippen LogP contribution in [-0.4, -0.2) is 45.5 Å². The molecule has 9 atom stereocenters. The van der Waals surface area contributed by atoms with Gasteiger partial charge in [-0.3, -0.25) is 14.4 Å². The molecule has 3 fully saturated rings. The molecule has 0 aromatic heterocycles.